The fourth-order valence-electron chi connectivity index (χ4n) is 2.18. The van der Waals surface area contributed by atoms with Crippen LogP contribution in [0.3, 0.4) is 0 Å². The van der Waals surface area contributed by atoms with Crippen molar-refractivity contribution in [3.63, 3.8) is 0 Å². The Labute approximate surface area is 102 Å². The molecule has 0 aromatic heterocycles. The van der Waals surface area contributed by atoms with Crippen LogP contribution in [0.1, 0.15) is 36.5 Å². The molecular formula is C14H19NO2. The van der Waals surface area contributed by atoms with Gasteiger partial charge in [-0.15, -0.1) is 0 Å². The second-order valence-electron chi connectivity index (χ2n) is 4.38. The first-order chi connectivity index (χ1) is 8.29. The molecule has 0 amide bonds. The maximum atomic E-state index is 12.0. The van der Waals surface area contributed by atoms with Gasteiger partial charge in [0.15, 0.2) is 5.78 Å². The van der Waals surface area contributed by atoms with Crippen molar-refractivity contribution in [3.8, 4) is 5.75 Å². The summed E-state index contributed by atoms with van der Waals surface area (Å²) in [6.07, 6.45) is 2.90. The molecule has 0 saturated carbocycles. The monoisotopic (exact) mass is 233 g/mol. The normalized spacial score (nSPS) is 19.2. The van der Waals surface area contributed by atoms with E-state index in [-0.39, 0.29) is 5.78 Å². The van der Waals surface area contributed by atoms with Crippen molar-refractivity contribution in [1.29, 1.82) is 0 Å². The molecule has 17 heavy (non-hydrogen) atoms. The van der Waals surface area contributed by atoms with Gasteiger partial charge in [-0.05, 0) is 50.6 Å². The van der Waals surface area contributed by atoms with Crippen LogP contribution in [0.15, 0.2) is 24.3 Å². The Morgan fingerprint density at radius 2 is 2.18 bits per heavy atom. The number of hydrogen-bond donors (Lipinski definition) is 1. The molecule has 1 N–H and O–H groups in total. The quantitative estimate of drug-likeness (QED) is 0.794. The van der Waals surface area contributed by atoms with Gasteiger partial charge < -0.3 is 10.1 Å². The Morgan fingerprint density at radius 3 is 2.76 bits per heavy atom. The zero-order chi connectivity index (χ0) is 12.1. The van der Waals surface area contributed by atoms with Gasteiger partial charge in [-0.25, -0.2) is 0 Å². The van der Waals surface area contributed by atoms with Gasteiger partial charge in [0, 0.05) is 18.0 Å². The molecule has 0 spiro atoms. The molecule has 1 fully saturated rings. The molecule has 3 heteroatoms. The van der Waals surface area contributed by atoms with Gasteiger partial charge in [-0.1, -0.05) is 0 Å². The lowest BCUT2D eigenvalue weighted by atomic mass is 10.0. The van der Waals surface area contributed by atoms with Crippen LogP contribution in [0.5, 0.6) is 5.75 Å². The minimum absolute atomic E-state index is 0.215. The number of ether oxygens (including phenoxy) is 1. The summed E-state index contributed by atoms with van der Waals surface area (Å²) in [7, 11) is 0. The fourth-order valence-corrected chi connectivity index (χ4v) is 2.18. The summed E-state index contributed by atoms with van der Waals surface area (Å²) in [6.45, 7) is 3.64. The first-order valence-electron chi connectivity index (χ1n) is 6.29. The molecular weight excluding hydrogens is 214 g/mol. The van der Waals surface area contributed by atoms with E-state index in [1.165, 1.54) is 6.42 Å². The molecule has 0 bridgehead atoms. The van der Waals surface area contributed by atoms with Crippen LogP contribution in [0.25, 0.3) is 0 Å². The minimum atomic E-state index is 0.215. The molecule has 1 aliphatic heterocycles. The summed E-state index contributed by atoms with van der Waals surface area (Å²) in [5.41, 5.74) is 0.780. The largest absolute Gasteiger partial charge is 0.494 e. The molecule has 1 unspecified atom stereocenters. The predicted molar refractivity (Wildman–Crippen MR) is 67.6 cm³/mol. The van der Waals surface area contributed by atoms with E-state index >= 15 is 0 Å². The SMILES string of the molecule is CCOc1ccc(C(=O)CC2CCCN2)cc1. The van der Waals surface area contributed by atoms with Crippen molar-refractivity contribution in [2.45, 2.75) is 32.2 Å². The molecule has 1 aliphatic rings. The maximum absolute atomic E-state index is 12.0. The lowest BCUT2D eigenvalue weighted by Gasteiger charge is -2.09. The molecule has 92 valence electrons. The Morgan fingerprint density at radius 1 is 1.41 bits per heavy atom. The average molecular weight is 233 g/mol. The van der Waals surface area contributed by atoms with Gasteiger partial charge in [0.25, 0.3) is 0 Å². The number of carbonyl (C=O) groups excluding carboxylic acids is 1. The standard InChI is InChI=1S/C14H19NO2/c1-2-17-13-7-5-11(6-8-13)14(16)10-12-4-3-9-15-12/h5-8,12,15H,2-4,9-10H2,1H3. The second kappa shape index (κ2) is 5.82. The smallest absolute Gasteiger partial charge is 0.164 e. The highest BCUT2D eigenvalue weighted by molar-refractivity contribution is 5.96. The third kappa shape index (κ3) is 3.30. The molecule has 2 rings (SSSR count). The highest BCUT2D eigenvalue weighted by atomic mass is 16.5. The van der Waals surface area contributed by atoms with Gasteiger partial charge in [-0.3, -0.25) is 4.79 Å². The van der Waals surface area contributed by atoms with Crippen LogP contribution >= 0.6 is 0 Å². The first kappa shape index (κ1) is 12.1. The molecule has 1 aromatic rings. The Kier molecular flexibility index (Phi) is 4.15. The lowest BCUT2D eigenvalue weighted by molar-refractivity contribution is 0.0971. The number of Topliss-reactive ketones (excluding diaryl/α,β-unsaturated/α-hetero) is 1. The number of benzene rings is 1. The number of rotatable bonds is 5. The van der Waals surface area contributed by atoms with Crippen molar-refractivity contribution >= 4 is 5.78 Å². The summed E-state index contributed by atoms with van der Waals surface area (Å²) in [6, 6.07) is 7.79. The van der Waals surface area contributed by atoms with Gasteiger partial charge in [-0.2, -0.15) is 0 Å². The van der Waals surface area contributed by atoms with E-state index in [4.69, 9.17) is 4.74 Å². The highest BCUT2D eigenvalue weighted by Gasteiger charge is 2.18. The van der Waals surface area contributed by atoms with E-state index in [0.29, 0.717) is 19.1 Å². The van der Waals surface area contributed by atoms with Crippen LogP contribution in [-0.4, -0.2) is 25.0 Å². The topological polar surface area (TPSA) is 38.3 Å². The molecule has 1 aromatic carbocycles. The second-order valence-corrected chi connectivity index (χ2v) is 4.38. The van der Waals surface area contributed by atoms with Crippen LogP contribution < -0.4 is 10.1 Å². The Hall–Kier alpha value is -1.35. The van der Waals surface area contributed by atoms with Gasteiger partial charge >= 0.3 is 0 Å². The van der Waals surface area contributed by atoms with Gasteiger partial charge in [0.05, 0.1) is 6.61 Å². The third-order valence-electron chi connectivity index (χ3n) is 3.08. The van der Waals surface area contributed by atoms with E-state index in [1.807, 2.05) is 31.2 Å². The van der Waals surface area contributed by atoms with Crippen molar-refractivity contribution in [3.05, 3.63) is 29.8 Å². The van der Waals surface area contributed by atoms with E-state index in [2.05, 4.69) is 5.32 Å². The van der Waals surface area contributed by atoms with E-state index < -0.39 is 0 Å². The van der Waals surface area contributed by atoms with Crippen molar-refractivity contribution < 1.29 is 9.53 Å². The summed E-state index contributed by atoms with van der Waals surface area (Å²) >= 11 is 0. The van der Waals surface area contributed by atoms with Gasteiger partial charge in [0.2, 0.25) is 0 Å². The molecule has 0 aliphatic carbocycles. The van der Waals surface area contributed by atoms with Crippen LogP contribution in [0.4, 0.5) is 0 Å². The van der Waals surface area contributed by atoms with E-state index in [0.717, 1.165) is 24.3 Å². The number of carbonyl (C=O) groups is 1. The Balaban J connectivity index is 1.93. The maximum Gasteiger partial charge on any atom is 0.164 e. The van der Waals surface area contributed by atoms with Crippen molar-refractivity contribution in [1.82, 2.24) is 5.32 Å². The summed E-state index contributed by atoms with van der Waals surface area (Å²) in [4.78, 5) is 12.0. The summed E-state index contributed by atoms with van der Waals surface area (Å²) in [5, 5.41) is 3.34. The molecule has 1 heterocycles. The fraction of sp³-hybridized carbons (Fsp3) is 0.500. The zero-order valence-corrected chi connectivity index (χ0v) is 10.2. The lowest BCUT2D eigenvalue weighted by Crippen LogP contribution is -2.24. The van der Waals surface area contributed by atoms with Crippen LogP contribution in [0, 0.1) is 0 Å². The predicted octanol–water partition coefficient (Wildman–Crippen LogP) is 2.41. The zero-order valence-electron chi connectivity index (χ0n) is 10.2. The van der Waals surface area contributed by atoms with Crippen molar-refractivity contribution in [2.24, 2.45) is 0 Å². The molecule has 3 nitrogen and oxygen atoms in total. The summed E-state index contributed by atoms with van der Waals surface area (Å²) < 4.78 is 5.35. The third-order valence-corrected chi connectivity index (χ3v) is 3.08. The van der Waals surface area contributed by atoms with Crippen molar-refractivity contribution in [2.75, 3.05) is 13.2 Å². The number of nitrogens with one attached hydrogen (secondary N) is 1. The number of ketones is 1. The van der Waals surface area contributed by atoms with E-state index in [1.54, 1.807) is 0 Å². The minimum Gasteiger partial charge on any atom is -0.494 e. The number of hydrogen-bond acceptors (Lipinski definition) is 3. The first-order valence-corrected chi connectivity index (χ1v) is 6.29. The molecule has 1 atom stereocenters. The summed E-state index contributed by atoms with van der Waals surface area (Å²) in [5.74, 6) is 1.04. The van der Waals surface area contributed by atoms with Crippen LogP contribution in [0.2, 0.25) is 0 Å². The van der Waals surface area contributed by atoms with Gasteiger partial charge in [0.1, 0.15) is 5.75 Å². The molecule has 1 saturated heterocycles. The molecule has 0 radical (unpaired) electrons. The van der Waals surface area contributed by atoms with E-state index in [9.17, 15) is 4.79 Å². The average Bonchev–Trinajstić information content (AvgIpc) is 2.83. The highest BCUT2D eigenvalue weighted by Crippen LogP contribution is 2.16. The Bertz CT molecular complexity index is 366. The van der Waals surface area contributed by atoms with Crippen LogP contribution in [-0.2, 0) is 0 Å².